The summed E-state index contributed by atoms with van der Waals surface area (Å²) in [7, 11) is 0. The van der Waals surface area contributed by atoms with Crippen LogP contribution in [0.1, 0.15) is 80.9 Å². The van der Waals surface area contributed by atoms with Crippen molar-refractivity contribution in [2.45, 2.75) is 94.9 Å². The van der Waals surface area contributed by atoms with Crippen molar-refractivity contribution < 1.29 is 0 Å². The van der Waals surface area contributed by atoms with Crippen LogP contribution in [-0.4, -0.2) is 104 Å². The molecular weight excluding hydrogens is 576 g/mol. The Hall–Kier alpha value is -1.80. The first-order chi connectivity index (χ1) is 22.9. The van der Waals surface area contributed by atoms with Gasteiger partial charge in [0.05, 0.1) is 0 Å². The number of nitrogens with one attached hydrogen (secondary N) is 3. The topological polar surface area (TPSA) is 45.8 Å². The Balaban J connectivity index is 0.725. The zero-order valence-corrected chi connectivity index (χ0v) is 29.2. The molecule has 3 saturated heterocycles. The smallest absolute Gasteiger partial charge is 0.0237 e. The minimum absolute atomic E-state index is 0.507. The molecule has 47 heavy (non-hydrogen) atoms. The quantitative estimate of drug-likeness (QED) is 0.275. The Morgan fingerprint density at radius 2 is 1.28 bits per heavy atom. The Bertz CT molecular complexity index is 1380. The van der Waals surface area contributed by atoms with E-state index in [1.54, 1.807) is 5.56 Å². The van der Waals surface area contributed by atoms with Crippen molar-refractivity contribution in [3.05, 3.63) is 71.3 Å². The molecule has 4 saturated carbocycles. The standard InChI is InChI=1S/C41H60N6/c1-29-21-47(28-41(13-14-41)26-44-38-16-36(38)32-8-4-3-5-9-32)30(2)20-46(29)22-31-7-6-10-33(15-31)37-17-39(37)43-25-40(11-12-40)27-45-23-34-18-42-19-35(34)24-45/h3-10,15,29-30,34-39,42-44H,11-14,16-28H2,1-2H3/t29-,30+,34?,35?,36?,37?,38+,39+/m1/s1. The molecule has 9 rings (SSSR count). The number of hydrogen-bond donors (Lipinski definition) is 3. The molecular formula is C41H60N6. The van der Waals surface area contributed by atoms with Crippen LogP contribution >= 0.6 is 0 Å². The number of rotatable bonds is 14. The second kappa shape index (κ2) is 12.5. The number of nitrogens with zero attached hydrogens (tertiary/aromatic N) is 3. The van der Waals surface area contributed by atoms with Gasteiger partial charge in [-0.1, -0.05) is 54.6 Å². The van der Waals surface area contributed by atoms with Crippen LogP contribution in [0.25, 0.3) is 0 Å². The normalized spacial score (nSPS) is 37.1. The average molecular weight is 637 g/mol. The van der Waals surface area contributed by atoms with Crippen molar-refractivity contribution in [1.29, 1.82) is 0 Å². The van der Waals surface area contributed by atoms with E-state index in [2.05, 4.69) is 99.1 Å². The van der Waals surface area contributed by atoms with Gasteiger partial charge >= 0.3 is 0 Å². The van der Waals surface area contributed by atoms with E-state index in [1.807, 2.05) is 0 Å². The predicted octanol–water partition coefficient (Wildman–Crippen LogP) is 4.88. The van der Waals surface area contributed by atoms with Gasteiger partial charge < -0.3 is 20.9 Å². The fourth-order valence-electron chi connectivity index (χ4n) is 9.96. The minimum Gasteiger partial charge on any atom is -0.316 e. The maximum absolute atomic E-state index is 4.04. The molecule has 254 valence electrons. The molecule has 0 radical (unpaired) electrons. The largest absolute Gasteiger partial charge is 0.316 e. The monoisotopic (exact) mass is 636 g/mol. The summed E-state index contributed by atoms with van der Waals surface area (Å²) in [5, 5.41) is 11.6. The molecule has 2 aromatic carbocycles. The van der Waals surface area contributed by atoms with Gasteiger partial charge in [0.2, 0.25) is 0 Å². The van der Waals surface area contributed by atoms with Gasteiger partial charge in [0.25, 0.3) is 0 Å². The van der Waals surface area contributed by atoms with Crippen molar-refractivity contribution in [3.8, 4) is 0 Å². The summed E-state index contributed by atoms with van der Waals surface area (Å²) in [5.41, 5.74) is 5.66. The fourth-order valence-corrected chi connectivity index (χ4v) is 9.96. The van der Waals surface area contributed by atoms with E-state index in [-0.39, 0.29) is 0 Å². The maximum Gasteiger partial charge on any atom is 0.0237 e. The Morgan fingerprint density at radius 3 is 1.96 bits per heavy atom. The van der Waals surface area contributed by atoms with Crippen LogP contribution in [0.5, 0.6) is 0 Å². The van der Waals surface area contributed by atoms with E-state index in [9.17, 15) is 0 Å². The lowest BCUT2D eigenvalue weighted by Crippen LogP contribution is -2.57. The van der Waals surface area contributed by atoms with Gasteiger partial charge in [-0.25, -0.2) is 0 Å². The lowest BCUT2D eigenvalue weighted by molar-refractivity contribution is 0.0252. The summed E-state index contributed by atoms with van der Waals surface area (Å²) in [6, 6.07) is 23.4. The van der Waals surface area contributed by atoms with Crippen LogP contribution in [0.3, 0.4) is 0 Å². The van der Waals surface area contributed by atoms with Crippen molar-refractivity contribution in [2.24, 2.45) is 22.7 Å². The van der Waals surface area contributed by atoms with Crippen molar-refractivity contribution >= 4 is 0 Å². The van der Waals surface area contributed by atoms with Gasteiger partial charge in [0, 0.05) is 94.9 Å². The van der Waals surface area contributed by atoms with Crippen LogP contribution in [0.4, 0.5) is 0 Å². The van der Waals surface area contributed by atoms with Crippen LogP contribution in [0, 0.1) is 22.7 Å². The van der Waals surface area contributed by atoms with E-state index < -0.39 is 0 Å². The molecule has 6 nitrogen and oxygen atoms in total. The number of hydrogen-bond acceptors (Lipinski definition) is 6. The third-order valence-electron chi connectivity index (χ3n) is 13.8. The highest BCUT2D eigenvalue weighted by Gasteiger charge is 2.49. The SMILES string of the molecule is C[C@@H]1CN(CC2(CN[C@H]3CC3c3ccccc3)CC2)[C@@H](C)CN1Cc1cccc(C2C[C@@H]2NCC2(CN3CC4CNCC4C3)CC2)c1. The highest BCUT2D eigenvalue weighted by atomic mass is 15.3. The van der Waals surface area contributed by atoms with E-state index in [1.165, 1.54) is 115 Å². The Kier molecular flexibility index (Phi) is 8.30. The molecule has 8 atom stereocenters. The molecule has 0 amide bonds. The van der Waals surface area contributed by atoms with Crippen molar-refractivity contribution in [3.63, 3.8) is 0 Å². The molecule has 0 aromatic heterocycles. The number of likely N-dealkylation sites (tertiary alicyclic amines) is 1. The Labute approximate surface area is 284 Å². The zero-order chi connectivity index (χ0) is 31.6. The van der Waals surface area contributed by atoms with Gasteiger partial charge in [0.1, 0.15) is 0 Å². The summed E-state index contributed by atoms with van der Waals surface area (Å²) < 4.78 is 0. The molecule has 3 aliphatic heterocycles. The molecule has 2 aromatic rings. The van der Waals surface area contributed by atoms with Crippen molar-refractivity contribution in [2.75, 3.05) is 65.4 Å². The van der Waals surface area contributed by atoms with Crippen LogP contribution in [-0.2, 0) is 6.54 Å². The zero-order valence-electron chi connectivity index (χ0n) is 29.2. The molecule has 6 heteroatoms. The van der Waals surface area contributed by atoms with E-state index >= 15 is 0 Å². The van der Waals surface area contributed by atoms with Gasteiger partial charge in [0.15, 0.2) is 0 Å². The van der Waals surface area contributed by atoms with Crippen LogP contribution in [0.2, 0.25) is 0 Å². The molecule has 4 aliphatic carbocycles. The van der Waals surface area contributed by atoms with E-state index in [0.717, 1.165) is 24.3 Å². The van der Waals surface area contributed by atoms with Gasteiger partial charge in [-0.15, -0.1) is 0 Å². The summed E-state index contributed by atoms with van der Waals surface area (Å²) in [4.78, 5) is 8.39. The molecule has 3 N–H and O–H groups in total. The predicted molar refractivity (Wildman–Crippen MR) is 192 cm³/mol. The highest BCUT2D eigenvalue weighted by molar-refractivity contribution is 5.32. The van der Waals surface area contributed by atoms with Crippen LogP contribution in [0.15, 0.2) is 54.6 Å². The third-order valence-corrected chi connectivity index (χ3v) is 13.8. The second-order valence-electron chi connectivity index (χ2n) is 17.7. The van der Waals surface area contributed by atoms with Gasteiger partial charge in [-0.3, -0.25) is 9.80 Å². The molecule has 7 fully saturated rings. The number of benzene rings is 2. The Morgan fingerprint density at radius 1 is 0.681 bits per heavy atom. The molecule has 4 unspecified atom stereocenters. The molecule has 3 heterocycles. The summed E-state index contributed by atoms with van der Waals surface area (Å²) in [6.45, 7) is 18.6. The summed E-state index contributed by atoms with van der Waals surface area (Å²) in [6.07, 6.45) is 8.26. The highest BCUT2D eigenvalue weighted by Crippen LogP contribution is 2.50. The van der Waals surface area contributed by atoms with Crippen molar-refractivity contribution in [1.82, 2.24) is 30.7 Å². The molecule has 0 bridgehead atoms. The van der Waals surface area contributed by atoms with Gasteiger partial charge in [-0.05, 0) is 105 Å². The fraction of sp³-hybridized carbons (Fsp3) is 0.707. The number of fused-ring (bicyclic) bond motifs is 1. The summed E-state index contributed by atoms with van der Waals surface area (Å²) in [5.74, 6) is 3.26. The first-order valence-corrected chi connectivity index (χ1v) is 19.5. The van der Waals surface area contributed by atoms with E-state index in [4.69, 9.17) is 0 Å². The first kappa shape index (κ1) is 31.2. The van der Waals surface area contributed by atoms with E-state index in [0.29, 0.717) is 40.9 Å². The lowest BCUT2D eigenvalue weighted by atomic mass is 10.0. The number of piperazine rings is 1. The molecule has 0 spiro atoms. The average Bonchev–Trinajstić information content (AvgIpc) is 3.93. The summed E-state index contributed by atoms with van der Waals surface area (Å²) >= 11 is 0. The van der Waals surface area contributed by atoms with Crippen LogP contribution < -0.4 is 16.0 Å². The first-order valence-electron chi connectivity index (χ1n) is 19.5. The molecule has 7 aliphatic rings. The third kappa shape index (κ3) is 6.98. The second-order valence-corrected chi connectivity index (χ2v) is 17.7. The lowest BCUT2D eigenvalue weighted by Gasteiger charge is -2.45. The minimum atomic E-state index is 0.507. The maximum atomic E-state index is 4.04. The van der Waals surface area contributed by atoms with Gasteiger partial charge in [-0.2, -0.15) is 0 Å².